The van der Waals surface area contributed by atoms with Gasteiger partial charge in [0.15, 0.2) is 0 Å². The fraction of sp³-hybridized carbons (Fsp3) is 0.423. The number of hydrogen-bond acceptors (Lipinski definition) is 2. The molecule has 9 aromatic rings. The van der Waals surface area contributed by atoms with E-state index in [4.69, 9.17) is 0 Å². The van der Waals surface area contributed by atoms with Crippen molar-refractivity contribution in [3.05, 3.63) is 256 Å². The summed E-state index contributed by atoms with van der Waals surface area (Å²) in [6.45, 7) is 24.7. The molecule has 2 heteroatoms. The lowest BCUT2D eigenvalue weighted by Crippen LogP contribution is -2.27. The van der Waals surface area contributed by atoms with Crippen molar-refractivity contribution in [2.75, 3.05) is 9.80 Å². The molecular formula is C97H120N2. The van der Waals surface area contributed by atoms with Gasteiger partial charge in [0.05, 0.1) is 0 Å². The maximum Gasteiger partial charge on any atom is 0.0462 e. The fourth-order valence-electron chi connectivity index (χ4n) is 16.9. The van der Waals surface area contributed by atoms with E-state index in [1.54, 1.807) is 27.8 Å². The predicted molar refractivity (Wildman–Crippen MR) is 433 cm³/mol. The number of unbranched alkanes of at least 4 members (excludes halogenated alkanes) is 20. The summed E-state index contributed by atoms with van der Waals surface area (Å²) in [6, 6.07) is 76.4. The van der Waals surface area contributed by atoms with E-state index in [-0.39, 0.29) is 16.2 Å². The number of nitrogens with zero attached hydrogens (tertiary/aromatic N) is 2. The molecule has 9 aromatic carbocycles. The van der Waals surface area contributed by atoms with Crippen LogP contribution in [-0.2, 0) is 22.7 Å². The molecule has 0 fully saturated rings. The Balaban J connectivity index is 1.02. The predicted octanol–water partition coefficient (Wildman–Crippen LogP) is 30.0. The summed E-state index contributed by atoms with van der Waals surface area (Å²) < 4.78 is 0. The van der Waals surface area contributed by atoms with Crippen LogP contribution < -0.4 is 9.80 Å². The molecule has 0 saturated carbocycles. The van der Waals surface area contributed by atoms with Crippen LogP contribution in [0.2, 0.25) is 0 Å². The minimum atomic E-state index is -0.0766. The van der Waals surface area contributed by atoms with Gasteiger partial charge < -0.3 is 9.80 Å². The average Bonchev–Trinajstić information content (AvgIpc) is 1.53. The molecular weight excluding hydrogens is 1190 g/mol. The molecule has 0 saturated heterocycles. The first-order chi connectivity index (χ1) is 48.3. The van der Waals surface area contributed by atoms with Gasteiger partial charge in [0.1, 0.15) is 0 Å². The molecule has 0 aromatic heterocycles. The van der Waals surface area contributed by atoms with Gasteiger partial charge in [-0.25, -0.2) is 0 Å². The van der Waals surface area contributed by atoms with Crippen LogP contribution in [-0.4, -0.2) is 0 Å². The van der Waals surface area contributed by atoms with Crippen LogP contribution in [0.25, 0.3) is 39.5 Å². The minimum Gasteiger partial charge on any atom is -0.311 e. The Morgan fingerprint density at radius 3 is 1.02 bits per heavy atom. The third kappa shape index (κ3) is 17.2. The van der Waals surface area contributed by atoms with Crippen molar-refractivity contribution in [2.24, 2.45) is 0 Å². The van der Waals surface area contributed by atoms with Crippen LogP contribution in [0.15, 0.2) is 201 Å². The maximum atomic E-state index is 4.04. The van der Waals surface area contributed by atoms with Gasteiger partial charge >= 0.3 is 0 Å². The van der Waals surface area contributed by atoms with Gasteiger partial charge in [0.25, 0.3) is 0 Å². The van der Waals surface area contributed by atoms with E-state index in [2.05, 4.69) is 273 Å². The fourth-order valence-corrected chi connectivity index (χ4v) is 16.9. The molecule has 2 nitrogen and oxygen atoms in total. The summed E-state index contributed by atoms with van der Waals surface area (Å²) in [5.41, 5.74) is 29.9. The number of rotatable bonds is 38. The van der Waals surface area contributed by atoms with Crippen LogP contribution in [0.3, 0.4) is 0 Å². The van der Waals surface area contributed by atoms with Crippen molar-refractivity contribution in [2.45, 2.75) is 265 Å². The molecule has 0 radical (unpaired) electrons. The third-order valence-electron chi connectivity index (χ3n) is 22.8. The second-order valence-corrected chi connectivity index (χ2v) is 31.1. The van der Waals surface area contributed by atoms with Gasteiger partial charge in [-0.05, 0) is 220 Å². The molecule has 99 heavy (non-hydrogen) atoms. The quantitative estimate of drug-likeness (QED) is 0.0356. The highest BCUT2D eigenvalue weighted by atomic mass is 15.1. The van der Waals surface area contributed by atoms with Crippen molar-refractivity contribution < 1.29 is 0 Å². The number of benzene rings is 9. The average molecular weight is 1310 g/mol. The summed E-state index contributed by atoms with van der Waals surface area (Å²) in [5, 5.41) is 0. The van der Waals surface area contributed by atoms with Gasteiger partial charge in [-0.3, -0.25) is 0 Å². The van der Waals surface area contributed by atoms with E-state index < -0.39 is 0 Å². The zero-order chi connectivity index (χ0) is 69.2. The Morgan fingerprint density at radius 2 is 0.626 bits per heavy atom. The zero-order valence-electron chi connectivity index (χ0n) is 62.7. The van der Waals surface area contributed by atoms with Crippen molar-refractivity contribution in [1.82, 2.24) is 0 Å². The van der Waals surface area contributed by atoms with Crippen molar-refractivity contribution >= 4 is 40.2 Å². The second kappa shape index (κ2) is 34.6. The van der Waals surface area contributed by atoms with Crippen LogP contribution in [0.4, 0.5) is 34.1 Å². The molecule has 0 heterocycles. The van der Waals surface area contributed by atoms with Crippen LogP contribution in [0.1, 0.15) is 284 Å². The van der Waals surface area contributed by atoms with E-state index in [0.717, 1.165) is 23.4 Å². The summed E-state index contributed by atoms with van der Waals surface area (Å²) in [5.74, 6) is 0. The third-order valence-corrected chi connectivity index (χ3v) is 22.8. The first-order valence-electron chi connectivity index (χ1n) is 39.5. The molecule has 11 rings (SSSR count). The zero-order valence-corrected chi connectivity index (χ0v) is 62.7. The molecule has 0 aliphatic heterocycles. The van der Waals surface area contributed by atoms with E-state index >= 15 is 0 Å². The normalized spacial score (nSPS) is 13.3. The number of hydrogen-bond donors (Lipinski definition) is 0. The van der Waals surface area contributed by atoms with Crippen LogP contribution in [0.5, 0.6) is 0 Å². The number of anilines is 6. The number of fused-ring (bicyclic) bond motifs is 6. The lowest BCUT2D eigenvalue weighted by Gasteiger charge is -2.35. The Kier molecular flexibility index (Phi) is 25.4. The SMILES string of the molecule is C=Cc1ccc(N(c2ccc(C)cc2)c2ccc(Cc3ccc4c(c3)C(CCCCCCCC)(CCCCCCCC)c3cc5c(cc3-4)C(CCCCCCCC)(CCCCCCCC)c3cc(-c4ccc(N(c6ccc(C)cc6)c6ccc(C(C)(C)C)cc6)cc4)ccc3-5)cc2)cc1. The van der Waals surface area contributed by atoms with E-state index in [1.807, 2.05) is 6.08 Å². The van der Waals surface area contributed by atoms with Gasteiger partial charge in [0.2, 0.25) is 0 Å². The highest BCUT2D eigenvalue weighted by Gasteiger charge is 2.48. The smallest absolute Gasteiger partial charge is 0.0462 e. The highest BCUT2D eigenvalue weighted by molar-refractivity contribution is 5.92. The van der Waals surface area contributed by atoms with Gasteiger partial charge in [-0.2, -0.15) is 0 Å². The summed E-state index contributed by atoms with van der Waals surface area (Å²) in [4.78, 5) is 4.82. The van der Waals surface area contributed by atoms with Crippen molar-refractivity contribution in [3.63, 3.8) is 0 Å². The molecule has 2 aliphatic rings. The number of aryl methyl sites for hydroxylation is 2. The Labute approximate surface area is 600 Å². The van der Waals surface area contributed by atoms with Crippen LogP contribution in [0, 0.1) is 13.8 Å². The van der Waals surface area contributed by atoms with E-state index in [9.17, 15) is 0 Å². The van der Waals surface area contributed by atoms with Crippen molar-refractivity contribution in [1.29, 1.82) is 0 Å². The summed E-state index contributed by atoms with van der Waals surface area (Å²) in [7, 11) is 0. The summed E-state index contributed by atoms with van der Waals surface area (Å²) in [6.07, 6.45) is 39.0. The molecule has 518 valence electrons. The molecule has 0 bridgehead atoms. The molecule has 0 unspecified atom stereocenters. The minimum absolute atomic E-state index is 0.0580. The summed E-state index contributed by atoms with van der Waals surface area (Å²) >= 11 is 0. The Bertz CT molecular complexity index is 3950. The topological polar surface area (TPSA) is 6.48 Å². The second-order valence-electron chi connectivity index (χ2n) is 31.1. The molecule has 0 spiro atoms. The maximum absolute atomic E-state index is 4.04. The largest absolute Gasteiger partial charge is 0.311 e. The van der Waals surface area contributed by atoms with Gasteiger partial charge in [-0.15, -0.1) is 0 Å². The Morgan fingerprint density at radius 1 is 0.313 bits per heavy atom. The molecule has 2 aliphatic carbocycles. The highest BCUT2D eigenvalue weighted by Crippen LogP contribution is 2.62. The molecule has 0 N–H and O–H groups in total. The van der Waals surface area contributed by atoms with Gasteiger partial charge in [-0.1, -0.05) is 329 Å². The monoisotopic (exact) mass is 1310 g/mol. The first kappa shape index (κ1) is 72.6. The van der Waals surface area contributed by atoms with E-state index in [0.29, 0.717) is 0 Å². The lowest BCUT2D eigenvalue weighted by atomic mass is 9.68. The molecule has 0 atom stereocenters. The standard InChI is InChI=1S/C97H120N2/c1-11-16-20-24-28-32-64-96(65-33-29-25-21-17-12-2)91-69-77(68-76-42-56-84(57-43-76)98(81-50-36-73(6)37-51-81)83-54-40-75(15-5)41-55-83)44-62-87(91)89-71-94-90(72-93(89)96)88-63-47-79(70-92(88)97(94,66-34-30-26-22-18-13-3)67-35-31-27-23-19-14-4)78-45-58-85(59-46-78)99(82-52-38-74(7)39-53-82)86-60-48-80(49-61-86)95(8,9)10/h15,36-63,69-72H,5,11-14,16-35,64-68H2,1-4,6-10H3. The van der Waals surface area contributed by atoms with E-state index in [1.165, 1.54) is 258 Å². The Hall–Kier alpha value is -7.68. The van der Waals surface area contributed by atoms with Crippen molar-refractivity contribution in [3.8, 4) is 33.4 Å². The lowest BCUT2D eigenvalue weighted by molar-refractivity contribution is 0.394. The van der Waals surface area contributed by atoms with Crippen LogP contribution >= 0.6 is 0 Å². The van der Waals surface area contributed by atoms with Gasteiger partial charge in [0, 0.05) is 45.0 Å². The first-order valence-corrected chi connectivity index (χ1v) is 39.5. The molecule has 0 amide bonds.